The Morgan fingerprint density at radius 3 is 2.73 bits per heavy atom. The van der Waals surface area contributed by atoms with E-state index >= 15 is 0 Å². The van der Waals surface area contributed by atoms with Crippen molar-refractivity contribution < 1.29 is 5.21 Å². The van der Waals surface area contributed by atoms with Crippen LogP contribution in [0.4, 0.5) is 0 Å². The first-order valence-corrected chi connectivity index (χ1v) is 12.4. The molecule has 0 spiro atoms. The summed E-state index contributed by atoms with van der Waals surface area (Å²) in [5.41, 5.74) is 2.70. The van der Waals surface area contributed by atoms with Gasteiger partial charge in [0.1, 0.15) is 29.4 Å². The van der Waals surface area contributed by atoms with Crippen LogP contribution in [0.2, 0.25) is 0 Å². The summed E-state index contributed by atoms with van der Waals surface area (Å²) in [7, 11) is 0. The topological polar surface area (TPSA) is 118 Å². The Labute approximate surface area is 194 Å². The predicted octanol–water partition coefficient (Wildman–Crippen LogP) is 5.70. The average molecular weight is 448 g/mol. The summed E-state index contributed by atoms with van der Waals surface area (Å²) in [6.45, 7) is 0.199. The molecule has 0 aromatic carbocycles. The molecule has 0 amide bonds. The molecule has 33 heavy (non-hydrogen) atoms. The lowest BCUT2D eigenvalue weighted by Crippen LogP contribution is -2.30. The molecule has 0 saturated heterocycles. The van der Waals surface area contributed by atoms with E-state index in [4.69, 9.17) is 15.7 Å². The number of aromatic nitrogens is 4. The smallest absolute Gasteiger partial charge is 0.139 e. The van der Waals surface area contributed by atoms with Gasteiger partial charge in [-0.3, -0.25) is 10.6 Å². The number of hydroxylamine groups is 2. The maximum Gasteiger partial charge on any atom is 0.139 e. The number of hydrogen-bond donors (Lipinski definition) is 3. The highest BCUT2D eigenvalue weighted by atomic mass is 16.5. The van der Waals surface area contributed by atoms with Crippen LogP contribution >= 0.6 is 0 Å². The number of nitrogens with zero attached hydrogens (tertiary/aromatic N) is 5. The van der Waals surface area contributed by atoms with E-state index in [1.54, 1.807) is 6.20 Å². The zero-order chi connectivity index (χ0) is 22.8. The molecule has 0 unspecified atom stereocenters. The number of nitrogens with one attached hydrogen (secondary N) is 2. The molecular formula is C25H33N7O. The van der Waals surface area contributed by atoms with Crippen molar-refractivity contribution in [3.63, 3.8) is 0 Å². The Hall–Kier alpha value is -2.92. The van der Waals surface area contributed by atoms with Crippen molar-refractivity contribution in [3.8, 4) is 6.07 Å². The molecule has 0 radical (unpaired) electrons. The summed E-state index contributed by atoms with van der Waals surface area (Å²) in [4.78, 5) is 12.6. The van der Waals surface area contributed by atoms with Gasteiger partial charge in [0.15, 0.2) is 0 Å². The lowest BCUT2D eigenvalue weighted by Gasteiger charge is -2.30. The number of pyridine rings is 1. The van der Waals surface area contributed by atoms with Crippen LogP contribution < -0.4 is 0 Å². The lowest BCUT2D eigenvalue weighted by molar-refractivity contribution is -0.0306. The van der Waals surface area contributed by atoms with Gasteiger partial charge in [0, 0.05) is 30.5 Å². The van der Waals surface area contributed by atoms with Crippen LogP contribution in [0.5, 0.6) is 0 Å². The van der Waals surface area contributed by atoms with E-state index in [2.05, 4.69) is 20.6 Å². The molecule has 0 bridgehead atoms. The van der Waals surface area contributed by atoms with Crippen LogP contribution in [0.1, 0.15) is 82.5 Å². The summed E-state index contributed by atoms with van der Waals surface area (Å²) in [5, 5.41) is 30.5. The second-order valence-electron chi connectivity index (χ2n) is 9.88. The van der Waals surface area contributed by atoms with Gasteiger partial charge in [-0.25, -0.2) is 15.0 Å². The van der Waals surface area contributed by atoms with Crippen molar-refractivity contribution in [1.82, 2.24) is 24.6 Å². The number of imidazole rings is 1. The largest absolute Gasteiger partial charge is 0.346 e. The summed E-state index contributed by atoms with van der Waals surface area (Å²) < 4.78 is 2.28. The van der Waals surface area contributed by atoms with Gasteiger partial charge in [-0.15, -0.1) is 0 Å². The highest BCUT2D eigenvalue weighted by Crippen LogP contribution is 2.38. The van der Waals surface area contributed by atoms with Crippen LogP contribution in [-0.4, -0.2) is 35.6 Å². The van der Waals surface area contributed by atoms with Crippen molar-refractivity contribution in [3.05, 3.63) is 24.3 Å². The van der Waals surface area contributed by atoms with Crippen molar-refractivity contribution >= 4 is 27.9 Å². The van der Waals surface area contributed by atoms with E-state index in [0.717, 1.165) is 71.5 Å². The van der Waals surface area contributed by atoms with Crippen LogP contribution in [0.3, 0.4) is 0 Å². The molecule has 3 aromatic rings. The molecule has 2 aliphatic rings. The van der Waals surface area contributed by atoms with Gasteiger partial charge in [-0.05, 0) is 43.6 Å². The van der Waals surface area contributed by atoms with Crippen molar-refractivity contribution in [2.75, 3.05) is 0 Å². The number of amidine groups is 1. The van der Waals surface area contributed by atoms with Crippen LogP contribution in [0.25, 0.3) is 22.1 Å². The van der Waals surface area contributed by atoms with Crippen LogP contribution in [0, 0.1) is 28.6 Å². The Balaban J connectivity index is 1.43. The number of aromatic amines is 1. The predicted molar refractivity (Wildman–Crippen MR) is 127 cm³/mol. The van der Waals surface area contributed by atoms with E-state index < -0.39 is 0 Å². The van der Waals surface area contributed by atoms with Gasteiger partial charge in [0.25, 0.3) is 0 Å². The third-order valence-electron chi connectivity index (χ3n) is 7.68. The summed E-state index contributed by atoms with van der Waals surface area (Å²) >= 11 is 0. The van der Waals surface area contributed by atoms with Crippen molar-refractivity contribution in [2.45, 2.75) is 83.2 Å². The lowest BCUT2D eigenvalue weighted by atomic mass is 9.84. The molecule has 2 fully saturated rings. The molecule has 2 aliphatic carbocycles. The minimum absolute atomic E-state index is 0.199. The van der Waals surface area contributed by atoms with Gasteiger partial charge >= 0.3 is 0 Å². The number of fused-ring (bicyclic) bond motifs is 3. The first-order valence-electron chi connectivity index (χ1n) is 12.4. The van der Waals surface area contributed by atoms with Gasteiger partial charge < -0.3 is 9.55 Å². The highest BCUT2D eigenvalue weighted by Gasteiger charge is 2.28. The van der Waals surface area contributed by atoms with Gasteiger partial charge in [-0.2, -0.15) is 5.26 Å². The SMILES string of the molecule is N#CCC1CCC(n2c(CN(O)C(=N)CC3CCCCC3)nc3cnc4[nH]ccc4c32)CC1. The Kier molecular flexibility index (Phi) is 6.32. The maximum atomic E-state index is 10.8. The van der Waals surface area contributed by atoms with Gasteiger partial charge in [-0.1, -0.05) is 32.1 Å². The number of rotatable bonds is 6. The average Bonchev–Trinajstić information content (AvgIpc) is 3.44. The molecule has 3 aromatic heterocycles. The summed E-state index contributed by atoms with van der Waals surface area (Å²) in [6, 6.07) is 4.63. The molecule has 0 aliphatic heterocycles. The zero-order valence-electron chi connectivity index (χ0n) is 19.1. The van der Waals surface area contributed by atoms with Crippen molar-refractivity contribution in [2.24, 2.45) is 11.8 Å². The Morgan fingerprint density at radius 1 is 1.18 bits per heavy atom. The maximum absolute atomic E-state index is 10.8. The highest BCUT2D eigenvalue weighted by molar-refractivity contribution is 6.01. The fourth-order valence-electron chi connectivity index (χ4n) is 5.88. The molecule has 5 rings (SSSR count). The third kappa shape index (κ3) is 4.47. The van der Waals surface area contributed by atoms with Crippen LogP contribution in [-0.2, 0) is 6.54 Å². The summed E-state index contributed by atoms with van der Waals surface area (Å²) in [6.07, 6.45) is 15.0. The van der Waals surface area contributed by atoms with Crippen LogP contribution in [0.15, 0.2) is 18.5 Å². The Bertz CT molecular complexity index is 1160. The first-order chi connectivity index (χ1) is 16.1. The van der Waals surface area contributed by atoms with E-state index in [9.17, 15) is 5.21 Å². The fraction of sp³-hybridized carbons (Fsp3) is 0.600. The second-order valence-corrected chi connectivity index (χ2v) is 9.88. The van der Waals surface area contributed by atoms with E-state index in [0.29, 0.717) is 24.7 Å². The summed E-state index contributed by atoms with van der Waals surface area (Å²) in [5.74, 6) is 2.03. The van der Waals surface area contributed by atoms with Gasteiger partial charge in [0.2, 0.25) is 0 Å². The number of hydrogen-bond acceptors (Lipinski definition) is 5. The first kappa shape index (κ1) is 21.9. The molecular weight excluding hydrogens is 414 g/mol. The minimum Gasteiger partial charge on any atom is -0.346 e. The Morgan fingerprint density at radius 2 is 1.97 bits per heavy atom. The molecule has 174 valence electrons. The van der Waals surface area contributed by atoms with E-state index in [1.807, 2.05) is 12.3 Å². The fourth-order valence-corrected chi connectivity index (χ4v) is 5.88. The standard InChI is InChI=1S/C25H33N7O/c26-12-10-17-6-8-19(9-7-17)32-23(16-31(33)22(27)14-18-4-2-1-3-5-18)30-21-15-29-25-20(24(21)32)11-13-28-25/h11,13,15,17-19,27,33H,1-10,14,16H2,(H,28,29). The van der Waals surface area contributed by atoms with E-state index in [1.165, 1.54) is 19.3 Å². The van der Waals surface area contributed by atoms with E-state index in [-0.39, 0.29) is 18.4 Å². The molecule has 8 heteroatoms. The number of H-pyrrole nitrogens is 1. The van der Waals surface area contributed by atoms with Crippen molar-refractivity contribution in [1.29, 1.82) is 10.7 Å². The molecule has 3 N–H and O–H groups in total. The number of nitriles is 1. The van der Waals surface area contributed by atoms with Gasteiger partial charge in [0.05, 0.1) is 17.8 Å². The quantitative estimate of drug-likeness (QED) is 0.255. The monoisotopic (exact) mass is 447 g/mol. The molecule has 0 atom stereocenters. The molecule has 2 saturated carbocycles. The normalized spacial score (nSPS) is 21.9. The molecule has 3 heterocycles. The third-order valence-corrected chi connectivity index (χ3v) is 7.68. The minimum atomic E-state index is 0.199. The zero-order valence-corrected chi connectivity index (χ0v) is 19.1. The second kappa shape index (κ2) is 9.52. The molecule has 8 nitrogen and oxygen atoms in total.